The van der Waals surface area contributed by atoms with E-state index >= 15 is 0 Å². The van der Waals surface area contributed by atoms with Crippen LogP contribution in [0.4, 0.5) is 0 Å². The number of aromatic nitrogens is 4. The van der Waals surface area contributed by atoms with Crippen LogP contribution in [0.2, 0.25) is 5.02 Å². The van der Waals surface area contributed by atoms with Crippen molar-refractivity contribution < 1.29 is 9.53 Å². The summed E-state index contributed by atoms with van der Waals surface area (Å²) in [7, 11) is 1.57. The topological polar surface area (TPSA) is 78.5 Å². The van der Waals surface area contributed by atoms with Gasteiger partial charge in [-0.15, -0.1) is 5.10 Å². The Labute approximate surface area is 171 Å². The first-order valence-electron chi connectivity index (χ1n) is 8.89. The van der Waals surface area contributed by atoms with Crippen LogP contribution in [-0.4, -0.2) is 32.1 Å². The van der Waals surface area contributed by atoms with Crippen LogP contribution < -0.4 is 5.69 Å². The van der Waals surface area contributed by atoms with Crippen molar-refractivity contribution in [3.8, 4) is 11.4 Å². The van der Waals surface area contributed by atoms with E-state index in [2.05, 4.69) is 10.1 Å². The van der Waals surface area contributed by atoms with E-state index in [1.807, 2.05) is 30.3 Å². The van der Waals surface area contributed by atoms with Gasteiger partial charge in [-0.3, -0.25) is 4.79 Å². The second-order valence-electron chi connectivity index (χ2n) is 6.43. The van der Waals surface area contributed by atoms with E-state index in [1.165, 1.54) is 4.40 Å². The van der Waals surface area contributed by atoms with Crippen molar-refractivity contribution in [1.82, 2.24) is 19.2 Å². The number of Topliss-reactive ketones (excluding diaryl/α,β-unsaturated/α-hetero) is 1. The molecule has 2 aromatic heterocycles. The quantitative estimate of drug-likeness (QED) is 0.458. The van der Waals surface area contributed by atoms with Crippen LogP contribution >= 0.6 is 11.6 Å². The third kappa shape index (κ3) is 3.83. The van der Waals surface area contributed by atoms with Gasteiger partial charge in [0.15, 0.2) is 11.4 Å². The third-order valence-corrected chi connectivity index (χ3v) is 4.66. The summed E-state index contributed by atoms with van der Waals surface area (Å²) in [5.74, 6) is 0.212. The number of carbonyl (C=O) groups excluding carboxylic acids is 1. The summed E-state index contributed by atoms with van der Waals surface area (Å²) in [6.45, 7) is 0.0943. The number of benzene rings is 2. The van der Waals surface area contributed by atoms with Gasteiger partial charge in [0.25, 0.3) is 0 Å². The van der Waals surface area contributed by atoms with Gasteiger partial charge in [-0.05, 0) is 24.3 Å². The van der Waals surface area contributed by atoms with E-state index in [1.54, 1.807) is 37.4 Å². The summed E-state index contributed by atoms with van der Waals surface area (Å²) in [6.07, 6.45) is 0. The number of halogens is 1. The van der Waals surface area contributed by atoms with E-state index < -0.39 is 5.69 Å². The summed E-state index contributed by atoms with van der Waals surface area (Å²) in [5.41, 5.74) is 1.83. The lowest BCUT2D eigenvalue weighted by atomic mass is 10.1. The minimum absolute atomic E-state index is 0.185. The summed E-state index contributed by atoms with van der Waals surface area (Å²) < 4.78 is 7.74. The third-order valence-electron chi connectivity index (χ3n) is 4.41. The number of methoxy groups -OCH3 is 1. The van der Waals surface area contributed by atoms with Crippen LogP contribution in [0.25, 0.3) is 17.0 Å². The van der Waals surface area contributed by atoms with Gasteiger partial charge < -0.3 is 4.74 Å². The maximum Gasteiger partial charge on any atom is 0.352 e. The normalized spacial score (nSPS) is 11.1. The lowest BCUT2D eigenvalue weighted by Crippen LogP contribution is -2.26. The summed E-state index contributed by atoms with van der Waals surface area (Å²) in [4.78, 5) is 30.2. The molecular weight excluding hydrogens is 392 g/mol. The molecule has 0 spiro atoms. The fourth-order valence-electron chi connectivity index (χ4n) is 3.05. The van der Waals surface area contributed by atoms with Crippen molar-refractivity contribution in [2.45, 2.75) is 13.2 Å². The first-order valence-corrected chi connectivity index (χ1v) is 9.27. The molecule has 0 saturated carbocycles. The molecule has 7 nitrogen and oxygen atoms in total. The average molecular weight is 409 g/mol. The Hall–Kier alpha value is -3.29. The Morgan fingerprint density at radius 1 is 1.10 bits per heavy atom. The van der Waals surface area contributed by atoms with Crippen LogP contribution in [0.1, 0.15) is 16.1 Å². The van der Waals surface area contributed by atoms with Crippen molar-refractivity contribution in [1.29, 1.82) is 0 Å². The Balaban J connectivity index is 1.81. The minimum atomic E-state index is -0.433. The summed E-state index contributed by atoms with van der Waals surface area (Å²) in [5, 5.41) is 4.89. The zero-order valence-corrected chi connectivity index (χ0v) is 16.3. The zero-order valence-electron chi connectivity index (χ0n) is 15.6. The van der Waals surface area contributed by atoms with E-state index in [0.29, 0.717) is 27.8 Å². The molecule has 8 heteroatoms. The van der Waals surface area contributed by atoms with Gasteiger partial charge in [-0.2, -0.15) is 0 Å². The highest BCUT2D eigenvalue weighted by Crippen LogP contribution is 2.18. The average Bonchev–Trinajstić information content (AvgIpc) is 3.04. The molecule has 0 aliphatic carbocycles. The van der Waals surface area contributed by atoms with Crippen LogP contribution in [0, 0.1) is 0 Å². The fraction of sp³-hybridized carbons (Fsp3) is 0.143. The maximum absolute atomic E-state index is 13.0. The van der Waals surface area contributed by atoms with E-state index in [9.17, 15) is 9.59 Å². The SMILES string of the molecule is COCc1cc2nn(CC(=O)c3ccc(Cl)cc3)c(=O)n2c(-c2ccccc2)n1. The number of rotatable bonds is 6. The second-order valence-corrected chi connectivity index (χ2v) is 6.87. The van der Waals surface area contributed by atoms with Crippen LogP contribution in [0.5, 0.6) is 0 Å². The molecule has 2 aromatic carbocycles. The van der Waals surface area contributed by atoms with Gasteiger partial charge in [0.2, 0.25) is 0 Å². The van der Waals surface area contributed by atoms with Crippen molar-refractivity contribution in [3.63, 3.8) is 0 Å². The van der Waals surface area contributed by atoms with Crippen molar-refractivity contribution in [3.05, 3.63) is 87.4 Å². The van der Waals surface area contributed by atoms with Crippen LogP contribution in [0.3, 0.4) is 0 Å². The molecule has 0 aliphatic heterocycles. The first kappa shape index (κ1) is 19.0. The van der Waals surface area contributed by atoms with Gasteiger partial charge in [-0.1, -0.05) is 41.9 Å². The molecule has 0 radical (unpaired) electrons. The van der Waals surface area contributed by atoms with Gasteiger partial charge in [0.1, 0.15) is 12.4 Å². The Bertz CT molecular complexity index is 1230. The molecule has 0 saturated heterocycles. The highest BCUT2D eigenvalue weighted by atomic mass is 35.5. The predicted octanol–water partition coefficient (Wildman–Crippen LogP) is 3.24. The molecular formula is C21H17ClN4O3. The van der Waals surface area contributed by atoms with Gasteiger partial charge in [0.05, 0.1) is 12.3 Å². The Morgan fingerprint density at radius 2 is 1.83 bits per heavy atom. The maximum atomic E-state index is 13.0. The lowest BCUT2D eigenvalue weighted by molar-refractivity contribution is 0.0966. The van der Waals surface area contributed by atoms with E-state index in [0.717, 1.165) is 10.2 Å². The standard InChI is InChI=1S/C21H17ClN4O3/c1-29-13-17-11-19-24-25(12-18(27)14-7-9-16(22)10-8-14)21(28)26(19)20(23-17)15-5-3-2-4-6-15/h2-11H,12-13H2,1H3. The molecule has 29 heavy (non-hydrogen) atoms. The number of hydrogen-bond donors (Lipinski definition) is 0. The van der Waals surface area contributed by atoms with E-state index in [4.69, 9.17) is 16.3 Å². The monoisotopic (exact) mass is 408 g/mol. The first-order chi connectivity index (χ1) is 14.1. The zero-order chi connectivity index (χ0) is 20.4. The number of ketones is 1. The molecule has 0 N–H and O–H groups in total. The Morgan fingerprint density at radius 3 is 2.52 bits per heavy atom. The summed E-state index contributed by atoms with van der Waals surface area (Å²) in [6, 6.07) is 17.5. The molecule has 4 aromatic rings. The molecule has 0 aliphatic rings. The number of nitrogens with zero attached hydrogens (tertiary/aromatic N) is 4. The molecule has 0 amide bonds. The highest BCUT2D eigenvalue weighted by Gasteiger charge is 2.17. The van der Waals surface area contributed by atoms with Crippen molar-refractivity contribution in [2.24, 2.45) is 0 Å². The fourth-order valence-corrected chi connectivity index (χ4v) is 3.18. The minimum Gasteiger partial charge on any atom is -0.378 e. The lowest BCUT2D eigenvalue weighted by Gasteiger charge is -2.06. The van der Waals surface area contributed by atoms with Gasteiger partial charge in [-0.25, -0.2) is 18.9 Å². The molecule has 0 atom stereocenters. The number of carbonyl (C=O) groups is 1. The van der Waals surface area contributed by atoms with Crippen molar-refractivity contribution >= 4 is 23.0 Å². The molecule has 0 bridgehead atoms. The van der Waals surface area contributed by atoms with Crippen molar-refractivity contribution in [2.75, 3.05) is 7.11 Å². The van der Waals surface area contributed by atoms with E-state index in [-0.39, 0.29) is 18.9 Å². The predicted molar refractivity (Wildman–Crippen MR) is 109 cm³/mol. The molecule has 146 valence electrons. The largest absolute Gasteiger partial charge is 0.378 e. The molecule has 4 rings (SSSR count). The number of fused-ring (bicyclic) bond motifs is 1. The van der Waals surface area contributed by atoms with Crippen LogP contribution in [0.15, 0.2) is 65.5 Å². The van der Waals surface area contributed by atoms with Gasteiger partial charge in [0, 0.05) is 29.3 Å². The highest BCUT2D eigenvalue weighted by molar-refractivity contribution is 6.30. The number of hydrogen-bond acceptors (Lipinski definition) is 5. The summed E-state index contributed by atoms with van der Waals surface area (Å²) >= 11 is 5.87. The number of ether oxygens (including phenoxy) is 1. The molecule has 0 unspecified atom stereocenters. The van der Waals surface area contributed by atoms with Gasteiger partial charge >= 0.3 is 5.69 Å². The molecule has 2 heterocycles. The molecule has 0 fully saturated rings. The smallest absolute Gasteiger partial charge is 0.352 e. The van der Waals surface area contributed by atoms with Crippen LogP contribution in [-0.2, 0) is 17.9 Å². The second kappa shape index (κ2) is 7.98. The Kier molecular flexibility index (Phi) is 5.24.